The molecule has 0 saturated heterocycles. The van der Waals surface area contributed by atoms with E-state index < -0.39 is 0 Å². The molecular weight excluding hydrogens is 212 g/mol. The Bertz CT molecular complexity index is 257. The second-order valence-electron chi connectivity index (χ2n) is 5.89. The minimum atomic E-state index is -0.180. The highest BCUT2D eigenvalue weighted by molar-refractivity contribution is 4.91. The lowest BCUT2D eigenvalue weighted by molar-refractivity contribution is 0.205. The van der Waals surface area contributed by atoms with Crippen molar-refractivity contribution in [2.24, 2.45) is 11.3 Å². The molecule has 0 amide bonds. The van der Waals surface area contributed by atoms with Crippen LogP contribution in [0.25, 0.3) is 0 Å². The third-order valence-corrected chi connectivity index (χ3v) is 3.83. The molecule has 1 aliphatic rings. The average Bonchev–Trinajstić information content (AvgIpc) is 2.76. The maximum atomic E-state index is 9.20. The largest absolute Gasteiger partial charge is 0.396 e. The van der Waals surface area contributed by atoms with E-state index in [1.54, 1.807) is 0 Å². The van der Waals surface area contributed by atoms with Crippen LogP contribution in [0, 0.1) is 22.7 Å². The number of nitriles is 1. The number of aliphatic hydroxyl groups is 1. The monoisotopic (exact) mass is 238 g/mol. The molecular formula is C14H26N2O. The van der Waals surface area contributed by atoms with E-state index >= 15 is 0 Å². The summed E-state index contributed by atoms with van der Waals surface area (Å²) in [5.74, 6) is 0.463. The normalized spacial score (nSPS) is 24.8. The molecule has 1 rings (SSSR count). The Labute approximate surface area is 105 Å². The molecule has 0 aromatic carbocycles. The summed E-state index contributed by atoms with van der Waals surface area (Å²) in [6.45, 7) is 5.33. The SMILES string of the molecule is CC(C)(C#N)CCCCNC1CCCC1CO. The highest BCUT2D eigenvalue weighted by Crippen LogP contribution is 2.25. The molecule has 0 aromatic heterocycles. The highest BCUT2D eigenvalue weighted by atomic mass is 16.3. The van der Waals surface area contributed by atoms with Gasteiger partial charge in [-0.3, -0.25) is 0 Å². The molecule has 0 spiro atoms. The van der Waals surface area contributed by atoms with Gasteiger partial charge in [0.2, 0.25) is 0 Å². The number of nitrogens with one attached hydrogen (secondary N) is 1. The zero-order valence-electron chi connectivity index (χ0n) is 11.2. The first kappa shape index (κ1) is 14.5. The molecule has 2 atom stereocenters. The summed E-state index contributed by atoms with van der Waals surface area (Å²) in [5, 5.41) is 21.6. The van der Waals surface area contributed by atoms with Crippen LogP contribution in [0.3, 0.4) is 0 Å². The van der Waals surface area contributed by atoms with Gasteiger partial charge < -0.3 is 10.4 Å². The van der Waals surface area contributed by atoms with E-state index in [1.165, 1.54) is 12.8 Å². The van der Waals surface area contributed by atoms with Crippen molar-refractivity contribution in [1.29, 1.82) is 5.26 Å². The topological polar surface area (TPSA) is 56.0 Å². The predicted octanol–water partition coefficient (Wildman–Crippen LogP) is 2.46. The standard InChI is InChI=1S/C14H26N2O/c1-14(2,11-15)8-3-4-9-16-13-7-5-6-12(13)10-17/h12-13,16-17H,3-10H2,1-2H3. The summed E-state index contributed by atoms with van der Waals surface area (Å²) >= 11 is 0. The van der Waals surface area contributed by atoms with Gasteiger partial charge in [0, 0.05) is 12.6 Å². The molecule has 98 valence electrons. The Morgan fingerprint density at radius 2 is 2.12 bits per heavy atom. The lowest BCUT2D eigenvalue weighted by Gasteiger charge is -2.19. The number of aliphatic hydroxyl groups excluding tert-OH is 1. The summed E-state index contributed by atoms with van der Waals surface area (Å²) in [7, 11) is 0. The van der Waals surface area contributed by atoms with Crippen molar-refractivity contribution in [3.05, 3.63) is 0 Å². The second kappa shape index (κ2) is 6.98. The summed E-state index contributed by atoms with van der Waals surface area (Å²) < 4.78 is 0. The van der Waals surface area contributed by atoms with Gasteiger partial charge in [-0.05, 0) is 52.0 Å². The maximum Gasteiger partial charge on any atom is 0.0683 e. The van der Waals surface area contributed by atoms with Crippen LogP contribution in [0.15, 0.2) is 0 Å². The molecule has 1 aliphatic carbocycles. The van der Waals surface area contributed by atoms with Crippen LogP contribution in [0.5, 0.6) is 0 Å². The summed E-state index contributed by atoms with van der Waals surface area (Å²) in [6, 6.07) is 2.85. The van der Waals surface area contributed by atoms with Crippen LogP contribution in [0.2, 0.25) is 0 Å². The molecule has 1 saturated carbocycles. The fourth-order valence-corrected chi connectivity index (χ4v) is 2.56. The van der Waals surface area contributed by atoms with E-state index in [0.29, 0.717) is 18.6 Å². The lowest BCUT2D eigenvalue weighted by atomic mass is 9.89. The fourth-order valence-electron chi connectivity index (χ4n) is 2.56. The maximum absolute atomic E-state index is 9.20. The van der Waals surface area contributed by atoms with Gasteiger partial charge in [0.15, 0.2) is 0 Å². The van der Waals surface area contributed by atoms with E-state index in [2.05, 4.69) is 11.4 Å². The molecule has 2 N–H and O–H groups in total. The van der Waals surface area contributed by atoms with Crippen molar-refractivity contribution in [1.82, 2.24) is 5.32 Å². The van der Waals surface area contributed by atoms with Gasteiger partial charge in [-0.15, -0.1) is 0 Å². The summed E-state index contributed by atoms with van der Waals surface area (Å²) in [4.78, 5) is 0. The molecule has 3 heteroatoms. The zero-order chi connectivity index (χ0) is 12.7. The predicted molar refractivity (Wildman–Crippen MR) is 69.5 cm³/mol. The van der Waals surface area contributed by atoms with E-state index in [-0.39, 0.29) is 5.41 Å². The van der Waals surface area contributed by atoms with Crippen molar-refractivity contribution in [2.45, 2.75) is 58.4 Å². The summed E-state index contributed by atoms with van der Waals surface area (Å²) in [6.07, 6.45) is 6.80. The zero-order valence-corrected chi connectivity index (χ0v) is 11.2. The minimum Gasteiger partial charge on any atom is -0.396 e. The smallest absolute Gasteiger partial charge is 0.0683 e. The van der Waals surface area contributed by atoms with Gasteiger partial charge >= 0.3 is 0 Å². The molecule has 0 aromatic rings. The van der Waals surface area contributed by atoms with Gasteiger partial charge in [-0.2, -0.15) is 5.26 Å². The first-order valence-electron chi connectivity index (χ1n) is 6.84. The van der Waals surface area contributed by atoms with Crippen LogP contribution >= 0.6 is 0 Å². The molecule has 17 heavy (non-hydrogen) atoms. The number of hydrogen-bond donors (Lipinski definition) is 2. The number of hydrogen-bond acceptors (Lipinski definition) is 3. The first-order chi connectivity index (χ1) is 8.09. The number of unbranched alkanes of at least 4 members (excludes halogenated alkanes) is 1. The van der Waals surface area contributed by atoms with Crippen molar-refractivity contribution >= 4 is 0 Å². The molecule has 0 heterocycles. The number of nitrogens with zero attached hydrogens (tertiary/aromatic N) is 1. The van der Waals surface area contributed by atoms with Crippen molar-refractivity contribution in [3.63, 3.8) is 0 Å². The van der Waals surface area contributed by atoms with Gasteiger partial charge in [-0.1, -0.05) is 12.8 Å². The minimum absolute atomic E-state index is 0.180. The Morgan fingerprint density at radius 3 is 2.76 bits per heavy atom. The fraction of sp³-hybridized carbons (Fsp3) is 0.929. The van der Waals surface area contributed by atoms with Crippen molar-refractivity contribution in [2.75, 3.05) is 13.2 Å². The Balaban J connectivity index is 2.07. The van der Waals surface area contributed by atoms with Crippen molar-refractivity contribution in [3.8, 4) is 6.07 Å². The Morgan fingerprint density at radius 1 is 1.35 bits per heavy atom. The molecule has 0 aliphatic heterocycles. The number of rotatable bonds is 7. The van der Waals surface area contributed by atoms with Gasteiger partial charge in [-0.25, -0.2) is 0 Å². The average molecular weight is 238 g/mol. The molecule has 1 fully saturated rings. The van der Waals surface area contributed by atoms with E-state index in [1.807, 2.05) is 13.8 Å². The van der Waals surface area contributed by atoms with E-state index in [4.69, 9.17) is 5.26 Å². The molecule has 2 unspecified atom stereocenters. The first-order valence-corrected chi connectivity index (χ1v) is 6.84. The Kier molecular flexibility index (Phi) is 5.94. The van der Waals surface area contributed by atoms with Gasteiger partial charge in [0.1, 0.15) is 0 Å². The third kappa shape index (κ3) is 5.06. The van der Waals surface area contributed by atoms with Crippen LogP contribution in [0.1, 0.15) is 52.4 Å². The Hall–Kier alpha value is -0.590. The third-order valence-electron chi connectivity index (χ3n) is 3.83. The summed E-state index contributed by atoms with van der Waals surface area (Å²) in [5.41, 5.74) is -0.180. The van der Waals surface area contributed by atoms with Crippen molar-refractivity contribution < 1.29 is 5.11 Å². The van der Waals surface area contributed by atoms with Crippen LogP contribution in [-0.4, -0.2) is 24.3 Å². The van der Waals surface area contributed by atoms with E-state index in [0.717, 1.165) is 32.2 Å². The second-order valence-corrected chi connectivity index (χ2v) is 5.89. The molecule has 3 nitrogen and oxygen atoms in total. The van der Waals surface area contributed by atoms with Gasteiger partial charge in [0.05, 0.1) is 11.5 Å². The quantitative estimate of drug-likeness (QED) is 0.670. The van der Waals surface area contributed by atoms with Gasteiger partial charge in [0.25, 0.3) is 0 Å². The lowest BCUT2D eigenvalue weighted by Crippen LogP contribution is -2.34. The van der Waals surface area contributed by atoms with Crippen LogP contribution in [0.4, 0.5) is 0 Å². The van der Waals surface area contributed by atoms with E-state index in [9.17, 15) is 5.11 Å². The molecule has 0 bridgehead atoms. The van der Waals surface area contributed by atoms with Crippen LogP contribution < -0.4 is 5.32 Å². The van der Waals surface area contributed by atoms with Crippen LogP contribution in [-0.2, 0) is 0 Å². The highest BCUT2D eigenvalue weighted by Gasteiger charge is 2.25. The molecule has 0 radical (unpaired) electrons.